The molecule has 2 rings (SSSR count). The maximum absolute atomic E-state index is 10.7. The number of hydrogen-bond acceptors (Lipinski definition) is 3. The van der Waals surface area contributed by atoms with Crippen LogP contribution in [0.2, 0.25) is 0 Å². The van der Waals surface area contributed by atoms with Crippen molar-refractivity contribution in [3.63, 3.8) is 0 Å². The molecule has 2 aromatic heterocycles. The van der Waals surface area contributed by atoms with Crippen molar-refractivity contribution in [1.29, 1.82) is 0 Å². The average molecular weight is 162 g/mol. The molecule has 0 fully saturated rings. The van der Waals surface area contributed by atoms with Crippen LogP contribution in [0.25, 0.3) is 11.0 Å². The van der Waals surface area contributed by atoms with Gasteiger partial charge in [-0.05, 0) is 6.07 Å². The van der Waals surface area contributed by atoms with E-state index in [1.807, 2.05) is 0 Å². The van der Waals surface area contributed by atoms with Gasteiger partial charge < -0.3 is 10.2 Å². The second kappa shape index (κ2) is 2.34. The molecule has 4 nitrogen and oxygen atoms in total. The third-order valence-electron chi connectivity index (χ3n) is 1.59. The molecule has 0 atom stereocenters. The second-order valence-electron chi connectivity index (χ2n) is 2.39. The Hall–Kier alpha value is -1.84. The molecule has 0 bridgehead atoms. The molecule has 0 aliphatic carbocycles. The summed E-state index contributed by atoms with van der Waals surface area (Å²) in [6.07, 6.45) is 3.09. The average Bonchev–Trinajstić information content (AvgIpc) is 2.49. The van der Waals surface area contributed by atoms with E-state index >= 15 is 0 Å². The van der Waals surface area contributed by atoms with Gasteiger partial charge in [0.15, 0.2) is 0 Å². The highest BCUT2D eigenvalue weighted by Gasteiger charge is 2.04. The first-order valence-electron chi connectivity index (χ1n) is 3.40. The van der Waals surface area contributed by atoms with Gasteiger partial charge >= 0.3 is 0 Å². The summed E-state index contributed by atoms with van der Waals surface area (Å²) in [5, 5.41) is 0.861. The van der Waals surface area contributed by atoms with Gasteiger partial charge in [-0.1, -0.05) is 0 Å². The largest absolute Gasteiger partial charge is 0.464 e. The van der Waals surface area contributed by atoms with Gasteiger partial charge in [-0.15, -0.1) is 0 Å². The zero-order chi connectivity index (χ0) is 8.55. The molecule has 0 saturated heterocycles. The van der Waals surface area contributed by atoms with Crippen molar-refractivity contribution >= 4 is 16.9 Å². The molecule has 0 aliphatic heterocycles. The summed E-state index contributed by atoms with van der Waals surface area (Å²) in [5.41, 5.74) is 5.87. The van der Waals surface area contributed by atoms with Gasteiger partial charge in [0.05, 0.1) is 6.26 Å². The van der Waals surface area contributed by atoms with Crippen LogP contribution in [-0.4, -0.2) is 10.9 Å². The molecule has 0 radical (unpaired) electrons. The topological polar surface area (TPSA) is 69.1 Å². The third kappa shape index (κ3) is 0.934. The van der Waals surface area contributed by atoms with Crippen LogP contribution in [0.3, 0.4) is 0 Å². The van der Waals surface area contributed by atoms with Gasteiger partial charge in [-0.3, -0.25) is 9.78 Å². The normalized spacial score (nSPS) is 10.3. The van der Waals surface area contributed by atoms with Crippen LogP contribution < -0.4 is 5.73 Å². The van der Waals surface area contributed by atoms with Crippen LogP contribution in [0.1, 0.15) is 10.5 Å². The number of pyridine rings is 1. The second-order valence-corrected chi connectivity index (χ2v) is 2.39. The molecule has 0 spiro atoms. The number of fused-ring (bicyclic) bond motifs is 1. The molecule has 2 N–H and O–H groups in total. The number of hydrogen-bond donors (Lipinski definition) is 1. The Morgan fingerprint density at radius 3 is 3.17 bits per heavy atom. The first-order chi connectivity index (χ1) is 5.77. The van der Waals surface area contributed by atoms with Gasteiger partial charge in [-0.25, -0.2) is 0 Å². The molecule has 12 heavy (non-hydrogen) atoms. The van der Waals surface area contributed by atoms with E-state index in [0.29, 0.717) is 5.58 Å². The van der Waals surface area contributed by atoms with Gasteiger partial charge in [0.2, 0.25) is 0 Å². The number of nitrogens with two attached hydrogens (primary N) is 1. The van der Waals surface area contributed by atoms with Gasteiger partial charge in [0, 0.05) is 17.6 Å². The van der Waals surface area contributed by atoms with E-state index < -0.39 is 5.91 Å². The number of furan rings is 1. The zero-order valence-electron chi connectivity index (χ0n) is 6.15. The minimum absolute atomic E-state index is 0.220. The van der Waals surface area contributed by atoms with Crippen LogP contribution in [0.4, 0.5) is 0 Å². The van der Waals surface area contributed by atoms with Gasteiger partial charge in [0.25, 0.3) is 5.91 Å². The van der Waals surface area contributed by atoms with E-state index in [9.17, 15) is 4.79 Å². The molecule has 4 heteroatoms. The Balaban J connectivity index is 2.68. The van der Waals surface area contributed by atoms with Gasteiger partial charge in [-0.2, -0.15) is 0 Å². The predicted octanol–water partition coefficient (Wildman–Crippen LogP) is 0.927. The maximum Gasteiger partial charge on any atom is 0.267 e. The highest BCUT2D eigenvalue weighted by atomic mass is 16.3. The molecule has 0 saturated carbocycles. The lowest BCUT2D eigenvalue weighted by Gasteiger charge is -1.92. The molecule has 0 aromatic carbocycles. The van der Waals surface area contributed by atoms with Crippen molar-refractivity contribution in [2.75, 3.05) is 0 Å². The van der Waals surface area contributed by atoms with Crippen molar-refractivity contribution < 1.29 is 9.21 Å². The number of carbonyl (C=O) groups is 1. The number of rotatable bonds is 1. The van der Waals surface area contributed by atoms with E-state index in [4.69, 9.17) is 10.2 Å². The zero-order valence-corrected chi connectivity index (χ0v) is 6.15. The quantitative estimate of drug-likeness (QED) is 0.678. The summed E-state index contributed by atoms with van der Waals surface area (Å²) in [7, 11) is 0. The van der Waals surface area contributed by atoms with Crippen LogP contribution in [0.5, 0.6) is 0 Å². The lowest BCUT2D eigenvalue weighted by atomic mass is 10.3. The van der Waals surface area contributed by atoms with E-state index in [0.717, 1.165) is 5.39 Å². The van der Waals surface area contributed by atoms with Crippen molar-refractivity contribution in [2.45, 2.75) is 0 Å². The Bertz CT molecular complexity index is 433. The minimum Gasteiger partial charge on any atom is -0.464 e. The molecule has 60 valence electrons. The van der Waals surface area contributed by atoms with E-state index in [-0.39, 0.29) is 5.69 Å². The van der Waals surface area contributed by atoms with Crippen molar-refractivity contribution in [3.05, 3.63) is 30.3 Å². The Labute approximate surface area is 68.0 Å². The lowest BCUT2D eigenvalue weighted by Crippen LogP contribution is -2.12. The molecular weight excluding hydrogens is 156 g/mol. The van der Waals surface area contributed by atoms with Crippen molar-refractivity contribution in [3.8, 4) is 0 Å². The summed E-state index contributed by atoms with van der Waals surface area (Å²) < 4.78 is 5.06. The van der Waals surface area contributed by atoms with Crippen LogP contribution in [-0.2, 0) is 0 Å². The number of carbonyl (C=O) groups excluding carboxylic acids is 1. The van der Waals surface area contributed by atoms with Crippen LogP contribution in [0.15, 0.2) is 29.0 Å². The summed E-state index contributed by atoms with van der Waals surface area (Å²) in [4.78, 5) is 14.5. The fraction of sp³-hybridized carbons (Fsp3) is 0. The standard InChI is InChI=1S/C8H6N2O2/c9-8(11)6-3-7-5(4-10-6)1-2-12-7/h1-4H,(H2,9,11). The van der Waals surface area contributed by atoms with Crippen molar-refractivity contribution in [1.82, 2.24) is 4.98 Å². The van der Waals surface area contributed by atoms with Gasteiger partial charge in [0.1, 0.15) is 11.3 Å². The Kier molecular flexibility index (Phi) is 1.33. The molecule has 2 heterocycles. The summed E-state index contributed by atoms with van der Waals surface area (Å²) in [6, 6.07) is 3.30. The Morgan fingerprint density at radius 1 is 1.58 bits per heavy atom. The fourth-order valence-corrected chi connectivity index (χ4v) is 0.990. The first kappa shape index (κ1) is 6.84. The minimum atomic E-state index is -0.548. The van der Waals surface area contributed by atoms with E-state index in [1.165, 1.54) is 12.3 Å². The molecule has 0 unspecified atom stereocenters. The fourth-order valence-electron chi connectivity index (χ4n) is 0.990. The molecule has 0 aliphatic rings. The lowest BCUT2D eigenvalue weighted by molar-refractivity contribution is 0.0995. The first-order valence-corrected chi connectivity index (χ1v) is 3.40. The number of amides is 1. The van der Waals surface area contributed by atoms with Crippen molar-refractivity contribution in [2.24, 2.45) is 5.73 Å². The number of nitrogens with zero attached hydrogens (tertiary/aromatic N) is 1. The van der Waals surface area contributed by atoms with E-state index in [1.54, 1.807) is 12.3 Å². The smallest absolute Gasteiger partial charge is 0.267 e. The highest BCUT2D eigenvalue weighted by molar-refractivity contribution is 5.93. The highest BCUT2D eigenvalue weighted by Crippen LogP contribution is 2.14. The Morgan fingerprint density at radius 2 is 2.42 bits per heavy atom. The summed E-state index contributed by atoms with van der Waals surface area (Å²) >= 11 is 0. The third-order valence-corrected chi connectivity index (χ3v) is 1.59. The number of aromatic nitrogens is 1. The molecule has 2 aromatic rings. The molecule has 1 amide bonds. The van der Waals surface area contributed by atoms with Crippen LogP contribution in [0, 0.1) is 0 Å². The van der Waals surface area contributed by atoms with E-state index in [2.05, 4.69) is 4.98 Å². The predicted molar refractivity (Wildman–Crippen MR) is 42.5 cm³/mol. The monoisotopic (exact) mass is 162 g/mol. The SMILES string of the molecule is NC(=O)c1cc2occc2cn1. The summed E-state index contributed by atoms with van der Waals surface area (Å²) in [5.74, 6) is -0.548. The number of primary amides is 1. The van der Waals surface area contributed by atoms with Crippen LogP contribution >= 0.6 is 0 Å². The molecular formula is C8H6N2O2. The summed E-state index contributed by atoms with van der Waals surface area (Å²) in [6.45, 7) is 0. The maximum atomic E-state index is 10.7.